The van der Waals surface area contributed by atoms with Crippen molar-refractivity contribution >= 4 is 5.78 Å². The normalized spacial score (nSPS) is 11.5. The fraction of sp³-hybridized carbons (Fsp3) is 0.231. The predicted octanol–water partition coefficient (Wildman–Crippen LogP) is 3.17. The maximum absolute atomic E-state index is 12.4. The molecule has 0 spiro atoms. The highest BCUT2D eigenvalue weighted by atomic mass is 19.4. The lowest BCUT2D eigenvalue weighted by Crippen LogP contribution is -2.07. The number of hydrogen-bond acceptors (Lipinski definition) is 2. The minimum atomic E-state index is -4.38. The Morgan fingerprint density at radius 2 is 1.89 bits per heavy atom. The van der Waals surface area contributed by atoms with Gasteiger partial charge < -0.3 is 4.57 Å². The van der Waals surface area contributed by atoms with Crippen molar-refractivity contribution in [3.63, 3.8) is 0 Å². The number of Topliss-reactive ketones (excluding diaryl/α,β-unsaturated/α-hetero) is 1. The molecular weight excluding hydrogens is 257 g/mol. The van der Waals surface area contributed by atoms with Crippen molar-refractivity contribution in [1.29, 1.82) is 0 Å². The zero-order valence-corrected chi connectivity index (χ0v) is 9.89. The largest absolute Gasteiger partial charge is 0.416 e. The van der Waals surface area contributed by atoms with Gasteiger partial charge in [0.2, 0.25) is 0 Å². The van der Waals surface area contributed by atoms with Crippen LogP contribution in [0.25, 0.3) is 0 Å². The number of halogens is 3. The van der Waals surface area contributed by atoms with Crippen molar-refractivity contribution in [2.45, 2.75) is 19.1 Å². The molecular formula is C13H11F3N2O. The van der Waals surface area contributed by atoms with Crippen LogP contribution in [0, 0.1) is 0 Å². The summed E-state index contributed by atoms with van der Waals surface area (Å²) < 4.78 is 38.8. The lowest BCUT2D eigenvalue weighted by atomic mass is 10.1. The Bertz CT molecular complexity index is 544. The van der Waals surface area contributed by atoms with E-state index in [9.17, 15) is 18.0 Å². The van der Waals surface area contributed by atoms with Crippen molar-refractivity contribution in [2.75, 3.05) is 0 Å². The minimum absolute atomic E-state index is 0.192. The van der Waals surface area contributed by atoms with Crippen molar-refractivity contribution in [3.05, 3.63) is 54.1 Å². The quantitative estimate of drug-likeness (QED) is 0.798. The predicted molar refractivity (Wildman–Crippen MR) is 62.6 cm³/mol. The van der Waals surface area contributed by atoms with Crippen LogP contribution in [-0.4, -0.2) is 15.3 Å². The molecule has 1 aromatic carbocycles. The number of alkyl halides is 3. The second-order valence-corrected chi connectivity index (χ2v) is 4.05. The first kappa shape index (κ1) is 13.3. The molecule has 0 saturated carbocycles. The van der Waals surface area contributed by atoms with Gasteiger partial charge >= 0.3 is 6.18 Å². The van der Waals surface area contributed by atoms with Crippen LogP contribution in [0.15, 0.2) is 43.0 Å². The van der Waals surface area contributed by atoms with Crippen LogP contribution in [0.4, 0.5) is 13.2 Å². The van der Waals surface area contributed by atoms with Crippen molar-refractivity contribution in [3.8, 4) is 0 Å². The molecule has 0 bridgehead atoms. The highest BCUT2D eigenvalue weighted by Crippen LogP contribution is 2.29. The van der Waals surface area contributed by atoms with Crippen LogP contribution in [-0.2, 0) is 12.7 Å². The molecule has 0 fully saturated rings. The molecule has 0 aliphatic heterocycles. The first-order valence-corrected chi connectivity index (χ1v) is 5.63. The number of hydrogen-bond donors (Lipinski definition) is 0. The van der Waals surface area contributed by atoms with Crippen LogP contribution in [0.2, 0.25) is 0 Å². The summed E-state index contributed by atoms with van der Waals surface area (Å²) in [4.78, 5) is 15.6. The summed E-state index contributed by atoms with van der Waals surface area (Å²) in [7, 11) is 0. The molecule has 19 heavy (non-hydrogen) atoms. The molecule has 0 amide bonds. The number of ketones is 1. The van der Waals surface area contributed by atoms with Gasteiger partial charge in [-0.25, -0.2) is 4.98 Å². The monoisotopic (exact) mass is 268 g/mol. The first-order chi connectivity index (χ1) is 8.97. The van der Waals surface area contributed by atoms with Gasteiger partial charge in [0.25, 0.3) is 0 Å². The summed E-state index contributed by atoms with van der Waals surface area (Å²) in [5.74, 6) is -0.192. The molecule has 0 unspecified atom stereocenters. The van der Waals surface area contributed by atoms with Gasteiger partial charge in [-0.15, -0.1) is 0 Å². The Balaban J connectivity index is 2.00. The molecule has 6 heteroatoms. The van der Waals surface area contributed by atoms with Crippen molar-refractivity contribution < 1.29 is 18.0 Å². The Morgan fingerprint density at radius 1 is 1.21 bits per heavy atom. The first-order valence-electron chi connectivity index (χ1n) is 5.63. The van der Waals surface area contributed by atoms with Crippen LogP contribution >= 0.6 is 0 Å². The molecule has 100 valence electrons. The summed E-state index contributed by atoms with van der Waals surface area (Å²) >= 11 is 0. The third-order valence-corrected chi connectivity index (χ3v) is 2.69. The number of imidazole rings is 1. The van der Waals surface area contributed by atoms with Gasteiger partial charge in [-0.1, -0.05) is 12.1 Å². The zero-order valence-electron chi connectivity index (χ0n) is 9.89. The molecule has 0 aliphatic rings. The number of benzene rings is 1. The lowest BCUT2D eigenvalue weighted by molar-refractivity contribution is -0.137. The van der Waals surface area contributed by atoms with E-state index < -0.39 is 11.7 Å². The van der Waals surface area contributed by atoms with E-state index in [0.29, 0.717) is 6.54 Å². The number of carbonyl (C=O) groups is 1. The smallest absolute Gasteiger partial charge is 0.337 e. The topological polar surface area (TPSA) is 34.9 Å². The Hall–Kier alpha value is -2.11. The second-order valence-electron chi connectivity index (χ2n) is 4.05. The molecule has 1 aromatic heterocycles. The molecule has 2 rings (SSSR count). The van der Waals surface area contributed by atoms with Gasteiger partial charge in [-0.3, -0.25) is 4.79 Å². The van der Waals surface area contributed by atoms with Crippen LogP contribution in [0.1, 0.15) is 22.3 Å². The van der Waals surface area contributed by atoms with Gasteiger partial charge in [0.15, 0.2) is 5.78 Å². The molecule has 0 N–H and O–H groups in total. The number of aryl methyl sites for hydroxylation is 1. The van der Waals surface area contributed by atoms with E-state index in [1.165, 1.54) is 12.1 Å². The third kappa shape index (κ3) is 3.43. The highest BCUT2D eigenvalue weighted by molar-refractivity contribution is 5.96. The van der Waals surface area contributed by atoms with Crippen LogP contribution < -0.4 is 0 Å². The Morgan fingerprint density at radius 3 is 2.42 bits per heavy atom. The van der Waals surface area contributed by atoms with Gasteiger partial charge in [0, 0.05) is 30.9 Å². The van der Waals surface area contributed by atoms with Crippen molar-refractivity contribution in [2.24, 2.45) is 0 Å². The maximum Gasteiger partial charge on any atom is 0.416 e. The summed E-state index contributed by atoms with van der Waals surface area (Å²) in [5.41, 5.74) is -0.466. The van der Waals surface area contributed by atoms with E-state index in [1.54, 1.807) is 23.3 Å². The Labute approximate surface area is 107 Å². The molecule has 0 radical (unpaired) electrons. The summed E-state index contributed by atoms with van der Waals surface area (Å²) in [6, 6.07) is 4.26. The zero-order chi connectivity index (χ0) is 13.9. The number of carbonyl (C=O) groups excluding carboxylic acids is 1. The van der Waals surface area contributed by atoms with E-state index in [-0.39, 0.29) is 17.8 Å². The average molecular weight is 268 g/mol. The van der Waals surface area contributed by atoms with E-state index in [1.807, 2.05) is 0 Å². The van der Waals surface area contributed by atoms with Gasteiger partial charge in [0.1, 0.15) is 0 Å². The molecule has 3 nitrogen and oxygen atoms in total. The summed E-state index contributed by atoms with van der Waals surface area (Å²) in [6.07, 6.45) is 0.753. The molecule has 0 aliphatic carbocycles. The number of aromatic nitrogens is 2. The lowest BCUT2D eigenvalue weighted by Gasteiger charge is -2.07. The minimum Gasteiger partial charge on any atom is -0.337 e. The second kappa shape index (κ2) is 5.26. The van der Waals surface area contributed by atoms with Crippen LogP contribution in [0.3, 0.4) is 0 Å². The van der Waals surface area contributed by atoms with Gasteiger partial charge in [-0.2, -0.15) is 13.2 Å². The van der Waals surface area contributed by atoms with Crippen molar-refractivity contribution in [1.82, 2.24) is 9.55 Å². The third-order valence-electron chi connectivity index (χ3n) is 2.69. The van der Waals surface area contributed by atoms with E-state index in [4.69, 9.17) is 0 Å². The average Bonchev–Trinajstić information content (AvgIpc) is 2.88. The fourth-order valence-electron chi connectivity index (χ4n) is 1.64. The summed E-state index contributed by atoms with van der Waals surface area (Å²) in [5, 5.41) is 0. The molecule has 0 atom stereocenters. The number of rotatable bonds is 4. The van der Waals surface area contributed by atoms with E-state index >= 15 is 0 Å². The van der Waals surface area contributed by atoms with E-state index in [0.717, 1.165) is 12.1 Å². The SMILES string of the molecule is O=C(CCn1ccnc1)c1ccc(C(F)(F)F)cc1. The van der Waals surface area contributed by atoms with Crippen LogP contribution in [0.5, 0.6) is 0 Å². The molecule has 1 heterocycles. The summed E-state index contributed by atoms with van der Waals surface area (Å²) in [6.45, 7) is 0.458. The number of nitrogens with zero attached hydrogens (tertiary/aromatic N) is 2. The van der Waals surface area contributed by atoms with Gasteiger partial charge in [0.05, 0.1) is 11.9 Å². The van der Waals surface area contributed by atoms with Gasteiger partial charge in [-0.05, 0) is 12.1 Å². The highest BCUT2D eigenvalue weighted by Gasteiger charge is 2.30. The maximum atomic E-state index is 12.4. The molecule has 2 aromatic rings. The van der Waals surface area contributed by atoms with E-state index in [2.05, 4.69) is 4.98 Å². The fourth-order valence-corrected chi connectivity index (χ4v) is 1.64. The Kier molecular flexibility index (Phi) is 3.69. The standard InChI is InChI=1S/C13H11F3N2O/c14-13(15,16)11-3-1-10(2-4-11)12(19)5-7-18-8-6-17-9-18/h1-4,6,8-9H,5,7H2. The molecule has 0 saturated heterocycles.